The maximum Gasteiger partial charge on any atom is 0.338 e. The molecule has 0 radical (unpaired) electrons. The zero-order valence-electron chi connectivity index (χ0n) is 8.20. The molecule has 0 aliphatic carbocycles. The van der Waals surface area contributed by atoms with Crippen molar-refractivity contribution in [3.05, 3.63) is 38.7 Å². The van der Waals surface area contributed by atoms with Crippen LogP contribution in [0.5, 0.6) is 0 Å². The molecule has 0 aliphatic heterocycles. The first-order chi connectivity index (χ1) is 7.47. The fourth-order valence-electron chi connectivity index (χ4n) is 1.04. The van der Waals surface area contributed by atoms with E-state index in [0.29, 0.717) is 0 Å². The number of nitrogens with zero attached hydrogens (tertiary/aromatic N) is 1. The summed E-state index contributed by atoms with van der Waals surface area (Å²) in [4.78, 5) is 20.9. The third kappa shape index (κ3) is 2.46. The van der Waals surface area contributed by atoms with Crippen molar-refractivity contribution < 1.29 is 18.8 Å². The van der Waals surface area contributed by atoms with Gasteiger partial charge in [-0.3, -0.25) is 10.1 Å². The molecule has 7 heteroatoms. The van der Waals surface area contributed by atoms with Gasteiger partial charge in [-0.25, -0.2) is 9.18 Å². The van der Waals surface area contributed by atoms with Crippen LogP contribution in [0, 0.1) is 15.9 Å². The summed E-state index contributed by atoms with van der Waals surface area (Å²) in [5.41, 5.74) is -0.903. The van der Waals surface area contributed by atoms with Crippen molar-refractivity contribution in [2.24, 2.45) is 0 Å². The number of nitro groups is 1. The van der Waals surface area contributed by atoms with E-state index in [0.717, 1.165) is 12.1 Å². The molecule has 0 saturated carbocycles. The minimum absolute atomic E-state index is 0.0941. The molecular weight excluding hydrogens is 241 g/mol. The Kier molecular flexibility index (Phi) is 3.78. The van der Waals surface area contributed by atoms with Gasteiger partial charge in [0, 0.05) is 6.07 Å². The summed E-state index contributed by atoms with van der Waals surface area (Å²) in [6, 6.07) is 1.68. The van der Waals surface area contributed by atoms with Gasteiger partial charge in [0.05, 0.1) is 17.1 Å². The summed E-state index contributed by atoms with van der Waals surface area (Å²) >= 11 is 5.37. The predicted molar refractivity (Wildman–Crippen MR) is 54.0 cm³/mol. The number of esters is 1. The second kappa shape index (κ2) is 4.89. The molecule has 1 aromatic carbocycles. The van der Waals surface area contributed by atoms with Crippen LogP contribution in [-0.4, -0.2) is 17.5 Å². The lowest BCUT2D eigenvalue weighted by Gasteiger charge is -2.03. The van der Waals surface area contributed by atoms with Gasteiger partial charge < -0.3 is 4.74 Å². The summed E-state index contributed by atoms with van der Waals surface area (Å²) in [5.74, 6) is -1.86. The van der Waals surface area contributed by atoms with Crippen LogP contribution in [0.4, 0.5) is 10.1 Å². The molecule has 0 spiro atoms. The van der Waals surface area contributed by atoms with Gasteiger partial charge in [0.1, 0.15) is 5.82 Å². The zero-order chi connectivity index (χ0) is 12.3. The number of nitro benzene ring substituents is 1. The van der Waals surface area contributed by atoms with E-state index in [-0.39, 0.29) is 12.2 Å². The van der Waals surface area contributed by atoms with Crippen molar-refractivity contribution in [2.45, 2.75) is 6.92 Å². The van der Waals surface area contributed by atoms with E-state index in [1.54, 1.807) is 6.92 Å². The zero-order valence-corrected chi connectivity index (χ0v) is 8.95. The van der Waals surface area contributed by atoms with E-state index in [1.165, 1.54) is 0 Å². The topological polar surface area (TPSA) is 69.4 Å². The van der Waals surface area contributed by atoms with Crippen LogP contribution in [0.2, 0.25) is 5.02 Å². The quantitative estimate of drug-likeness (QED) is 0.468. The number of rotatable bonds is 3. The van der Waals surface area contributed by atoms with Gasteiger partial charge in [-0.1, -0.05) is 11.6 Å². The highest BCUT2D eigenvalue weighted by Gasteiger charge is 2.21. The molecule has 0 N–H and O–H groups in total. The van der Waals surface area contributed by atoms with Crippen molar-refractivity contribution in [3.63, 3.8) is 0 Å². The summed E-state index contributed by atoms with van der Waals surface area (Å²) in [5, 5.41) is 9.88. The standard InChI is InChI=1S/C9H7ClFNO4/c1-2-16-9(13)5-3-6(11)8(10)7(4-5)12(14)15/h3-4H,2H2,1H3. The van der Waals surface area contributed by atoms with Crippen LogP contribution < -0.4 is 0 Å². The minimum atomic E-state index is -1.03. The van der Waals surface area contributed by atoms with Crippen molar-refractivity contribution >= 4 is 23.3 Å². The van der Waals surface area contributed by atoms with E-state index in [1.807, 2.05) is 0 Å². The van der Waals surface area contributed by atoms with Crippen LogP contribution in [0.3, 0.4) is 0 Å². The number of hydrogen-bond donors (Lipinski definition) is 0. The monoisotopic (exact) mass is 247 g/mol. The average molecular weight is 248 g/mol. The molecule has 0 amide bonds. The fraction of sp³-hybridized carbons (Fsp3) is 0.222. The summed E-state index contributed by atoms with van der Waals surface area (Å²) < 4.78 is 17.7. The molecule has 1 rings (SSSR count). The van der Waals surface area contributed by atoms with Crippen LogP contribution in [-0.2, 0) is 4.74 Å². The second-order valence-electron chi connectivity index (χ2n) is 2.77. The molecule has 0 saturated heterocycles. The molecule has 0 aliphatic rings. The Labute approximate surface area is 94.9 Å². The number of carbonyl (C=O) groups excluding carboxylic acids is 1. The highest BCUT2D eigenvalue weighted by atomic mass is 35.5. The Morgan fingerprint density at radius 2 is 2.25 bits per heavy atom. The lowest BCUT2D eigenvalue weighted by Crippen LogP contribution is -2.06. The largest absolute Gasteiger partial charge is 0.462 e. The summed E-state index contributed by atoms with van der Waals surface area (Å²) in [6.07, 6.45) is 0. The fourth-order valence-corrected chi connectivity index (χ4v) is 1.22. The van der Waals surface area contributed by atoms with Gasteiger partial charge in [0.2, 0.25) is 0 Å². The van der Waals surface area contributed by atoms with Crippen LogP contribution in [0.25, 0.3) is 0 Å². The number of hydrogen-bond acceptors (Lipinski definition) is 4. The smallest absolute Gasteiger partial charge is 0.338 e. The van der Waals surface area contributed by atoms with E-state index >= 15 is 0 Å². The Bertz CT molecular complexity index is 449. The van der Waals surface area contributed by atoms with Gasteiger partial charge in [-0.2, -0.15) is 0 Å². The van der Waals surface area contributed by atoms with Gasteiger partial charge >= 0.3 is 5.97 Å². The van der Waals surface area contributed by atoms with Crippen molar-refractivity contribution in [1.82, 2.24) is 0 Å². The molecule has 0 atom stereocenters. The Balaban J connectivity index is 3.24. The van der Waals surface area contributed by atoms with E-state index in [9.17, 15) is 19.3 Å². The van der Waals surface area contributed by atoms with Crippen LogP contribution in [0.1, 0.15) is 17.3 Å². The molecule has 0 unspecified atom stereocenters. The first kappa shape index (κ1) is 12.4. The third-order valence-electron chi connectivity index (χ3n) is 1.72. The first-order valence-corrected chi connectivity index (χ1v) is 4.65. The minimum Gasteiger partial charge on any atom is -0.462 e. The summed E-state index contributed by atoms with van der Waals surface area (Å²) in [6.45, 7) is 1.66. The Morgan fingerprint density at radius 3 is 2.75 bits per heavy atom. The predicted octanol–water partition coefficient (Wildman–Crippen LogP) is 2.56. The van der Waals surface area contributed by atoms with Crippen molar-refractivity contribution in [2.75, 3.05) is 6.61 Å². The average Bonchev–Trinajstić information content (AvgIpc) is 2.21. The van der Waals surface area contributed by atoms with Gasteiger partial charge in [-0.15, -0.1) is 0 Å². The molecule has 5 nitrogen and oxygen atoms in total. The molecule has 86 valence electrons. The van der Waals surface area contributed by atoms with E-state index in [2.05, 4.69) is 4.74 Å². The lowest BCUT2D eigenvalue weighted by molar-refractivity contribution is -0.384. The molecule has 0 fully saturated rings. The number of halogens is 2. The number of ether oxygens (including phenoxy) is 1. The maximum atomic E-state index is 13.2. The van der Waals surface area contributed by atoms with E-state index in [4.69, 9.17) is 11.6 Å². The van der Waals surface area contributed by atoms with Gasteiger partial charge in [-0.05, 0) is 13.0 Å². The Morgan fingerprint density at radius 1 is 1.62 bits per heavy atom. The molecule has 16 heavy (non-hydrogen) atoms. The third-order valence-corrected chi connectivity index (χ3v) is 2.09. The van der Waals surface area contributed by atoms with E-state index < -0.39 is 27.4 Å². The van der Waals surface area contributed by atoms with Crippen molar-refractivity contribution in [1.29, 1.82) is 0 Å². The second-order valence-corrected chi connectivity index (χ2v) is 3.15. The summed E-state index contributed by atoms with van der Waals surface area (Å²) in [7, 11) is 0. The molecular formula is C9H7ClFNO4. The molecule has 1 aromatic rings. The van der Waals surface area contributed by atoms with Crippen LogP contribution >= 0.6 is 11.6 Å². The molecule has 0 aromatic heterocycles. The molecule has 0 heterocycles. The molecule has 0 bridgehead atoms. The van der Waals surface area contributed by atoms with Gasteiger partial charge in [0.15, 0.2) is 5.02 Å². The first-order valence-electron chi connectivity index (χ1n) is 4.28. The van der Waals surface area contributed by atoms with Gasteiger partial charge in [0.25, 0.3) is 5.69 Å². The normalized spacial score (nSPS) is 9.94. The number of benzene rings is 1. The highest BCUT2D eigenvalue weighted by molar-refractivity contribution is 6.32. The lowest BCUT2D eigenvalue weighted by atomic mass is 10.2. The highest BCUT2D eigenvalue weighted by Crippen LogP contribution is 2.28. The van der Waals surface area contributed by atoms with Crippen LogP contribution in [0.15, 0.2) is 12.1 Å². The number of carbonyl (C=O) groups is 1. The SMILES string of the molecule is CCOC(=O)c1cc(F)c(Cl)c([N+](=O)[O-])c1. The van der Waals surface area contributed by atoms with Crippen molar-refractivity contribution in [3.8, 4) is 0 Å². The maximum absolute atomic E-state index is 13.2. The Hall–Kier alpha value is -1.69.